The summed E-state index contributed by atoms with van der Waals surface area (Å²) >= 11 is 7.73. The Hall–Kier alpha value is -3.31. The first-order valence-electron chi connectivity index (χ1n) is 14.5. The van der Waals surface area contributed by atoms with Crippen molar-refractivity contribution in [3.63, 3.8) is 0 Å². The molecule has 11 heteroatoms. The van der Waals surface area contributed by atoms with Crippen molar-refractivity contribution in [2.24, 2.45) is 0 Å². The lowest BCUT2D eigenvalue weighted by molar-refractivity contribution is 0.0118. The summed E-state index contributed by atoms with van der Waals surface area (Å²) in [4.78, 5) is 44.1. The number of aromatic nitrogens is 2. The number of anilines is 1. The Bertz CT molecular complexity index is 1800. The van der Waals surface area contributed by atoms with E-state index >= 15 is 0 Å². The average Bonchev–Trinajstić information content (AvgIpc) is 3.67. The molecule has 8 nitrogen and oxygen atoms in total. The van der Waals surface area contributed by atoms with Gasteiger partial charge in [-0.15, -0.1) is 0 Å². The van der Waals surface area contributed by atoms with Gasteiger partial charge in [0, 0.05) is 41.5 Å². The van der Waals surface area contributed by atoms with E-state index < -0.39 is 8.32 Å². The van der Waals surface area contributed by atoms with Gasteiger partial charge in [0.25, 0.3) is 17.4 Å². The van der Waals surface area contributed by atoms with Gasteiger partial charge in [-0.2, -0.15) is 4.37 Å². The third-order valence-electron chi connectivity index (χ3n) is 8.85. The molecule has 0 unspecified atom stereocenters. The lowest BCUT2D eigenvalue weighted by atomic mass is 9.98. The van der Waals surface area contributed by atoms with Crippen molar-refractivity contribution >= 4 is 59.7 Å². The van der Waals surface area contributed by atoms with Gasteiger partial charge in [-0.1, -0.05) is 44.5 Å². The molecule has 1 aliphatic carbocycles. The quantitative estimate of drug-likeness (QED) is 0.208. The largest absolute Gasteiger partial charge is 0.410 e. The molecule has 0 atom stereocenters. The molecule has 0 bridgehead atoms. The zero-order valence-electron chi connectivity index (χ0n) is 24.9. The Kier molecular flexibility index (Phi) is 7.61. The molecule has 1 aliphatic heterocycles. The highest BCUT2D eigenvalue weighted by atomic mass is 35.5. The maximum absolute atomic E-state index is 13.5. The Labute approximate surface area is 260 Å². The number of rotatable bonds is 7. The molecule has 2 aromatic heterocycles. The van der Waals surface area contributed by atoms with Crippen LogP contribution in [0.3, 0.4) is 0 Å². The number of nitrogens with one attached hydrogen (secondary N) is 2. The van der Waals surface area contributed by atoms with Crippen LogP contribution in [0.1, 0.15) is 65.1 Å². The SMILES string of the molecule is CC(C)(C)[Si](C)(C)OC1CN(C(=O)c2ccc(NC(=O)c3snc(-c4cccc5c(=O)[nH]ccc45)c3C3CC3)cc2Cl)C1. The standard InChI is InChI=1S/C32H35ClN4O4SSi/c1-32(2,3)43(4,5)41-20-16-37(17-20)31(40)24-12-11-19(15-25(24)33)35-30(39)28-26(18-9-10-18)27(36-42-28)22-7-6-8-23-21(22)13-14-34-29(23)38/h6-8,11-15,18,20H,9-10,16-17H2,1-5H3,(H,34,38)(H,35,39). The lowest BCUT2D eigenvalue weighted by Gasteiger charge is -2.46. The van der Waals surface area contributed by atoms with Crippen LogP contribution in [0.4, 0.5) is 5.69 Å². The molecule has 4 aromatic rings. The van der Waals surface area contributed by atoms with Gasteiger partial charge in [-0.25, -0.2) is 0 Å². The number of amides is 2. The van der Waals surface area contributed by atoms with E-state index in [1.165, 1.54) is 0 Å². The molecule has 2 N–H and O–H groups in total. The number of pyridine rings is 1. The number of carbonyl (C=O) groups is 2. The maximum atomic E-state index is 13.5. The fraction of sp³-hybridized carbons (Fsp3) is 0.375. The Morgan fingerprint density at radius 1 is 1.12 bits per heavy atom. The second-order valence-corrected chi connectivity index (χ2v) is 18.9. The molecule has 2 aliphatic rings. The number of benzene rings is 2. The molecule has 3 heterocycles. The zero-order chi connectivity index (χ0) is 30.7. The van der Waals surface area contributed by atoms with Gasteiger partial charge in [0.05, 0.1) is 22.4 Å². The number of nitrogens with zero attached hydrogens (tertiary/aromatic N) is 2. The third-order valence-corrected chi connectivity index (χ3v) is 14.6. The molecule has 2 amide bonds. The Morgan fingerprint density at radius 2 is 1.86 bits per heavy atom. The minimum atomic E-state index is -1.91. The molecular formula is C32H35ClN4O4SSi. The van der Waals surface area contributed by atoms with Gasteiger partial charge in [-0.05, 0) is 84.1 Å². The van der Waals surface area contributed by atoms with Crippen molar-refractivity contribution in [1.82, 2.24) is 14.3 Å². The number of aromatic amines is 1. The smallest absolute Gasteiger partial charge is 0.267 e. The van der Waals surface area contributed by atoms with Gasteiger partial charge in [0.15, 0.2) is 8.32 Å². The van der Waals surface area contributed by atoms with E-state index in [0.717, 1.165) is 46.6 Å². The minimum absolute atomic E-state index is 0.0432. The van der Waals surface area contributed by atoms with Crippen molar-refractivity contribution in [1.29, 1.82) is 0 Å². The van der Waals surface area contributed by atoms with Crippen molar-refractivity contribution < 1.29 is 14.0 Å². The summed E-state index contributed by atoms with van der Waals surface area (Å²) in [5.41, 5.74) is 3.25. The molecule has 2 fully saturated rings. The van der Waals surface area contributed by atoms with Crippen LogP contribution in [-0.4, -0.2) is 53.6 Å². The predicted octanol–water partition coefficient (Wildman–Crippen LogP) is 7.28. The van der Waals surface area contributed by atoms with Gasteiger partial charge in [0.2, 0.25) is 0 Å². The van der Waals surface area contributed by atoms with E-state index in [2.05, 4.69) is 44.2 Å². The highest BCUT2D eigenvalue weighted by molar-refractivity contribution is 7.08. The van der Waals surface area contributed by atoms with Crippen LogP contribution < -0.4 is 10.9 Å². The first kappa shape index (κ1) is 29.7. The van der Waals surface area contributed by atoms with Crippen LogP contribution >= 0.6 is 23.1 Å². The number of likely N-dealkylation sites (tertiary alicyclic amines) is 1. The first-order chi connectivity index (χ1) is 20.3. The maximum Gasteiger partial charge on any atom is 0.267 e. The monoisotopic (exact) mass is 634 g/mol. The fourth-order valence-electron chi connectivity index (χ4n) is 5.23. The molecule has 43 heavy (non-hydrogen) atoms. The number of carbonyl (C=O) groups excluding carboxylic acids is 2. The number of H-pyrrole nitrogens is 1. The Morgan fingerprint density at radius 3 is 2.53 bits per heavy atom. The average molecular weight is 635 g/mol. The summed E-state index contributed by atoms with van der Waals surface area (Å²) in [6, 6.07) is 12.4. The number of halogens is 1. The summed E-state index contributed by atoms with van der Waals surface area (Å²) in [5.74, 6) is -0.168. The highest BCUT2D eigenvalue weighted by Gasteiger charge is 2.43. The Balaban J connectivity index is 1.17. The van der Waals surface area contributed by atoms with Crippen molar-refractivity contribution in [2.45, 2.75) is 63.8 Å². The molecule has 1 saturated heterocycles. The second kappa shape index (κ2) is 11.0. The molecule has 1 saturated carbocycles. The van der Waals surface area contributed by atoms with Crippen LogP contribution in [0.15, 0.2) is 53.5 Å². The van der Waals surface area contributed by atoms with Gasteiger partial charge >= 0.3 is 0 Å². The molecule has 2 aromatic carbocycles. The van der Waals surface area contributed by atoms with Gasteiger partial charge in [-0.3, -0.25) is 14.4 Å². The van der Waals surface area contributed by atoms with Crippen LogP contribution in [0.25, 0.3) is 22.0 Å². The van der Waals surface area contributed by atoms with Crippen molar-refractivity contribution in [2.75, 3.05) is 18.4 Å². The van der Waals surface area contributed by atoms with E-state index in [9.17, 15) is 14.4 Å². The normalized spacial score (nSPS) is 15.9. The van der Waals surface area contributed by atoms with Crippen LogP contribution in [0.5, 0.6) is 0 Å². The van der Waals surface area contributed by atoms with Crippen LogP contribution in [0.2, 0.25) is 23.2 Å². The molecule has 0 radical (unpaired) electrons. The van der Waals surface area contributed by atoms with E-state index in [4.69, 9.17) is 20.4 Å². The van der Waals surface area contributed by atoms with E-state index in [1.54, 1.807) is 35.4 Å². The first-order valence-corrected chi connectivity index (χ1v) is 18.6. The van der Waals surface area contributed by atoms with Gasteiger partial charge in [0.1, 0.15) is 4.88 Å². The van der Waals surface area contributed by atoms with Crippen molar-refractivity contribution in [3.05, 3.63) is 80.0 Å². The highest BCUT2D eigenvalue weighted by Crippen LogP contribution is 2.48. The molecule has 224 valence electrons. The summed E-state index contributed by atoms with van der Waals surface area (Å²) in [7, 11) is -1.91. The number of hydrogen-bond donors (Lipinski definition) is 2. The minimum Gasteiger partial charge on any atom is -0.410 e. The van der Waals surface area contributed by atoms with Crippen LogP contribution in [-0.2, 0) is 4.43 Å². The van der Waals surface area contributed by atoms with E-state index in [0.29, 0.717) is 34.6 Å². The topological polar surface area (TPSA) is 104 Å². The molecule has 6 rings (SSSR count). The summed E-state index contributed by atoms with van der Waals surface area (Å²) < 4.78 is 11.1. The predicted molar refractivity (Wildman–Crippen MR) is 175 cm³/mol. The van der Waals surface area contributed by atoms with Crippen molar-refractivity contribution in [3.8, 4) is 11.3 Å². The zero-order valence-corrected chi connectivity index (χ0v) is 27.5. The number of hydrogen-bond acceptors (Lipinski definition) is 6. The summed E-state index contributed by atoms with van der Waals surface area (Å²) in [5, 5.41) is 4.73. The van der Waals surface area contributed by atoms with E-state index in [1.807, 2.05) is 18.2 Å². The summed E-state index contributed by atoms with van der Waals surface area (Å²) in [6.07, 6.45) is 3.64. The number of fused-ring (bicyclic) bond motifs is 1. The molecular weight excluding hydrogens is 600 g/mol. The molecule has 0 spiro atoms. The van der Waals surface area contributed by atoms with E-state index in [-0.39, 0.29) is 39.5 Å². The fourth-order valence-corrected chi connectivity index (χ4v) is 7.70. The van der Waals surface area contributed by atoms with Crippen LogP contribution in [0, 0.1) is 0 Å². The second-order valence-electron chi connectivity index (χ2n) is 13.0. The lowest BCUT2D eigenvalue weighted by Crippen LogP contribution is -2.59. The summed E-state index contributed by atoms with van der Waals surface area (Å²) in [6.45, 7) is 12.1. The van der Waals surface area contributed by atoms with Gasteiger partial charge < -0.3 is 19.6 Å². The third kappa shape index (κ3) is 5.69.